The first-order chi connectivity index (χ1) is 10.3. The van der Waals surface area contributed by atoms with Crippen LogP contribution in [0.1, 0.15) is 24.5 Å². The van der Waals surface area contributed by atoms with Crippen LogP contribution in [0.4, 0.5) is 0 Å². The molecule has 0 spiro atoms. The Labute approximate surface area is 131 Å². The summed E-state index contributed by atoms with van der Waals surface area (Å²) in [7, 11) is 0. The summed E-state index contributed by atoms with van der Waals surface area (Å²) in [4.78, 5) is 4.09. The number of aromatic nitrogens is 1. The van der Waals surface area contributed by atoms with E-state index < -0.39 is 0 Å². The number of rotatable bonds is 8. The number of benzene rings is 1. The first-order valence-corrected chi connectivity index (χ1v) is 7.68. The zero-order valence-electron chi connectivity index (χ0n) is 12.3. The average molecular weight is 305 g/mol. The van der Waals surface area contributed by atoms with Crippen LogP contribution in [0.2, 0.25) is 5.02 Å². The first-order valence-electron chi connectivity index (χ1n) is 7.30. The predicted molar refractivity (Wildman–Crippen MR) is 86.9 cm³/mol. The third kappa shape index (κ3) is 5.37. The molecule has 0 aliphatic heterocycles. The van der Waals surface area contributed by atoms with E-state index in [4.69, 9.17) is 16.3 Å². The third-order valence-electron chi connectivity index (χ3n) is 3.12. The van der Waals surface area contributed by atoms with Crippen molar-refractivity contribution in [2.75, 3.05) is 13.2 Å². The Morgan fingerprint density at radius 3 is 2.86 bits per heavy atom. The van der Waals surface area contributed by atoms with E-state index in [9.17, 15) is 0 Å². The van der Waals surface area contributed by atoms with Crippen molar-refractivity contribution in [2.45, 2.75) is 26.3 Å². The fraction of sp³-hybridized carbons (Fsp3) is 0.353. The van der Waals surface area contributed by atoms with Gasteiger partial charge in [0.1, 0.15) is 5.75 Å². The van der Waals surface area contributed by atoms with Crippen molar-refractivity contribution in [1.29, 1.82) is 0 Å². The lowest BCUT2D eigenvalue weighted by atomic mass is 10.2. The Morgan fingerprint density at radius 2 is 2.14 bits per heavy atom. The molecule has 2 aromatic rings. The van der Waals surface area contributed by atoms with E-state index in [1.165, 1.54) is 5.56 Å². The fourth-order valence-corrected chi connectivity index (χ4v) is 2.26. The van der Waals surface area contributed by atoms with E-state index in [0.29, 0.717) is 11.6 Å². The van der Waals surface area contributed by atoms with Crippen LogP contribution in [0.15, 0.2) is 42.7 Å². The van der Waals surface area contributed by atoms with E-state index in [-0.39, 0.29) is 0 Å². The highest BCUT2D eigenvalue weighted by Crippen LogP contribution is 2.25. The first kappa shape index (κ1) is 15.8. The lowest BCUT2D eigenvalue weighted by Crippen LogP contribution is -2.13. The molecule has 0 saturated heterocycles. The van der Waals surface area contributed by atoms with Gasteiger partial charge in [0.25, 0.3) is 0 Å². The highest BCUT2D eigenvalue weighted by atomic mass is 35.5. The number of pyridine rings is 1. The molecule has 1 aromatic heterocycles. The molecule has 0 fully saturated rings. The molecule has 0 amide bonds. The number of nitrogens with one attached hydrogen (secondary N) is 1. The highest BCUT2D eigenvalue weighted by molar-refractivity contribution is 6.32. The topological polar surface area (TPSA) is 34.1 Å². The molecule has 1 N–H and O–H groups in total. The Kier molecular flexibility index (Phi) is 6.51. The second-order valence-corrected chi connectivity index (χ2v) is 5.31. The smallest absolute Gasteiger partial charge is 0.137 e. The SMILES string of the molecule is CCCNCc1ccc(OCCc2cccnc2)c(Cl)c1. The second-order valence-electron chi connectivity index (χ2n) is 4.90. The van der Waals surface area contributed by atoms with Gasteiger partial charge in [0.05, 0.1) is 11.6 Å². The van der Waals surface area contributed by atoms with Gasteiger partial charge in [-0.3, -0.25) is 4.98 Å². The Bertz CT molecular complexity index is 546. The summed E-state index contributed by atoms with van der Waals surface area (Å²) in [5, 5.41) is 4.02. The van der Waals surface area contributed by atoms with Crippen LogP contribution in [-0.2, 0) is 13.0 Å². The van der Waals surface area contributed by atoms with Gasteiger partial charge in [-0.1, -0.05) is 30.7 Å². The van der Waals surface area contributed by atoms with Crippen LogP contribution in [0.25, 0.3) is 0 Å². The molecular weight excluding hydrogens is 284 g/mol. The molecule has 1 aromatic carbocycles. The molecule has 0 atom stereocenters. The number of halogens is 1. The van der Waals surface area contributed by atoms with E-state index >= 15 is 0 Å². The highest BCUT2D eigenvalue weighted by Gasteiger charge is 2.03. The van der Waals surface area contributed by atoms with E-state index in [0.717, 1.165) is 37.2 Å². The molecule has 3 nitrogen and oxygen atoms in total. The van der Waals surface area contributed by atoms with E-state index in [1.807, 2.05) is 36.5 Å². The van der Waals surface area contributed by atoms with Gasteiger partial charge in [-0.15, -0.1) is 0 Å². The van der Waals surface area contributed by atoms with Gasteiger partial charge in [0.2, 0.25) is 0 Å². The summed E-state index contributed by atoms with van der Waals surface area (Å²) < 4.78 is 5.74. The van der Waals surface area contributed by atoms with Crippen molar-refractivity contribution in [2.24, 2.45) is 0 Å². The van der Waals surface area contributed by atoms with Gasteiger partial charge in [0.15, 0.2) is 0 Å². The standard InChI is InChI=1S/C17H21ClN2O/c1-2-8-19-13-15-5-6-17(16(18)11-15)21-10-7-14-4-3-9-20-12-14/h3-6,9,11-12,19H,2,7-8,10,13H2,1H3. The molecule has 1 heterocycles. The van der Waals surface area contributed by atoms with Gasteiger partial charge >= 0.3 is 0 Å². The van der Waals surface area contributed by atoms with Gasteiger partial charge < -0.3 is 10.1 Å². The Morgan fingerprint density at radius 1 is 1.24 bits per heavy atom. The summed E-state index contributed by atoms with van der Waals surface area (Å²) in [6, 6.07) is 9.92. The van der Waals surface area contributed by atoms with Gasteiger partial charge in [-0.2, -0.15) is 0 Å². The van der Waals surface area contributed by atoms with Crippen molar-refractivity contribution in [3.8, 4) is 5.75 Å². The molecule has 0 radical (unpaired) electrons. The quantitative estimate of drug-likeness (QED) is 0.752. The number of nitrogens with zero attached hydrogens (tertiary/aromatic N) is 1. The van der Waals surface area contributed by atoms with Crippen molar-refractivity contribution in [3.05, 3.63) is 58.9 Å². The van der Waals surface area contributed by atoms with Gasteiger partial charge in [-0.05, 0) is 42.3 Å². The Hall–Kier alpha value is -1.58. The molecular formula is C17H21ClN2O. The molecule has 0 saturated carbocycles. The largest absolute Gasteiger partial charge is 0.492 e. The molecule has 112 valence electrons. The zero-order chi connectivity index (χ0) is 14.9. The molecule has 21 heavy (non-hydrogen) atoms. The fourth-order valence-electron chi connectivity index (χ4n) is 2.01. The summed E-state index contributed by atoms with van der Waals surface area (Å²) in [5.74, 6) is 0.736. The molecule has 0 unspecified atom stereocenters. The minimum Gasteiger partial charge on any atom is -0.492 e. The number of hydrogen-bond donors (Lipinski definition) is 1. The maximum Gasteiger partial charge on any atom is 0.137 e. The minimum absolute atomic E-state index is 0.596. The Balaban J connectivity index is 1.83. The van der Waals surface area contributed by atoms with Crippen molar-refractivity contribution in [3.63, 3.8) is 0 Å². The molecule has 0 aliphatic rings. The average Bonchev–Trinajstić information content (AvgIpc) is 2.51. The number of hydrogen-bond acceptors (Lipinski definition) is 3. The molecule has 2 rings (SSSR count). The molecule has 4 heteroatoms. The van der Waals surface area contributed by atoms with Crippen LogP contribution in [0.5, 0.6) is 5.75 Å². The maximum atomic E-state index is 6.26. The molecule has 0 aliphatic carbocycles. The van der Waals surface area contributed by atoms with E-state index in [2.05, 4.69) is 17.2 Å². The van der Waals surface area contributed by atoms with Gasteiger partial charge in [0, 0.05) is 25.4 Å². The van der Waals surface area contributed by atoms with Gasteiger partial charge in [-0.25, -0.2) is 0 Å². The lowest BCUT2D eigenvalue weighted by Gasteiger charge is -2.10. The molecule has 0 bridgehead atoms. The summed E-state index contributed by atoms with van der Waals surface area (Å²) >= 11 is 6.26. The van der Waals surface area contributed by atoms with Crippen molar-refractivity contribution in [1.82, 2.24) is 10.3 Å². The maximum absolute atomic E-state index is 6.26. The monoisotopic (exact) mass is 304 g/mol. The zero-order valence-corrected chi connectivity index (χ0v) is 13.1. The van der Waals surface area contributed by atoms with Crippen LogP contribution >= 0.6 is 11.6 Å². The van der Waals surface area contributed by atoms with Crippen molar-refractivity contribution >= 4 is 11.6 Å². The normalized spacial score (nSPS) is 10.6. The van der Waals surface area contributed by atoms with Crippen LogP contribution in [-0.4, -0.2) is 18.1 Å². The lowest BCUT2D eigenvalue weighted by molar-refractivity contribution is 0.322. The number of ether oxygens (including phenoxy) is 1. The minimum atomic E-state index is 0.596. The third-order valence-corrected chi connectivity index (χ3v) is 3.42. The summed E-state index contributed by atoms with van der Waals surface area (Å²) in [6.45, 7) is 4.60. The van der Waals surface area contributed by atoms with Crippen molar-refractivity contribution < 1.29 is 4.74 Å². The second kappa shape index (κ2) is 8.65. The predicted octanol–water partition coefficient (Wildman–Crippen LogP) is 3.86. The van der Waals surface area contributed by atoms with E-state index in [1.54, 1.807) is 6.20 Å². The summed E-state index contributed by atoms with van der Waals surface area (Å²) in [5.41, 5.74) is 2.34. The van der Waals surface area contributed by atoms with Crippen LogP contribution in [0, 0.1) is 0 Å². The van der Waals surface area contributed by atoms with Crippen LogP contribution < -0.4 is 10.1 Å². The van der Waals surface area contributed by atoms with Crippen LogP contribution in [0.3, 0.4) is 0 Å². The summed E-state index contributed by atoms with van der Waals surface area (Å²) in [6.07, 6.45) is 5.58.